The van der Waals surface area contributed by atoms with Crippen LogP contribution in [-0.2, 0) is 11.2 Å². The summed E-state index contributed by atoms with van der Waals surface area (Å²) < 4.78 is 1.13. The van der Waals surface area contributed by atoms with E-state index < -0.39 is 0 Å². The van der Waals surface area contributed by atoms with E-state index in [0.717, 1.165) is 29.7 Å². The zero-order valence-electron chi connectivity index (χ0n) is 9.36. The zero-order valence-corrected chi connectivity index (χ0v) is 11.8. The van der Waals surface area contributed by atoms with Crippen molar-refractivity contribution in [3.63, 3.8) is 0 Å². The summed E-state index contributed by atoms with van der Waals surface area (Å²) in [5.41, 5.74) is 0. The van der Waals surface area contributed by atoms with Crippen LogP contribution >= 0.6 is 27.3 Å². The quantitative estimate of drug-likeness (QED) is 0.861. The van der Waals surface area contributed by atoms with Crippen LogP contribution in [0.2, 0.25) is 0 Å². The maximum absolute atomic E-state index is 11.8. The van der Waals surface area contributed by atoms with Gasteiger partial charge in [0.25, 0.3) is 0 Å². The van der Waals surface area contributed by atoms with Crippen molar-refractivity contribution in [3.8, 4) is 6.07 Å². The Bertz CT molecular complexity index is 452. The van der Waals surface area contributed by atoms with Gasteiger partial charge in [0.1, 0.15) is 0 Å². The Hall–Kier alpha value is -0.860. The lowest BCUT2D eigenvalue weighted by atomic mass is 9.98. The van der Waals surface area contributed by atoms with E-state index in [-0.39, 0.29) is 11.8 Å². The molecule has 0 bridgehead atoms. The van der Waals surface area contributed by atoms with Crippen LogP contribution in [0.3, 0.4) is 0 Å². The molecule has 2 rings (SSSR count). The molecule has 0 aromatic carbocycles. The molecule has 1 aliphatic rings. The summed E-state index contributed by atoms with van der Waals surface area (Å²) in [5.74, 6) is 0.0491. The first-order valence-corrected chi connectivity index (χ1v) is 7.21. The predicted octanol–water partition coefficient (Wildman–Crippen LogP) is 2.82. The van der Waals surface area contributed by atoms with Gasteiger partial charge in [-0.05, 0) is 40.9 Å². The maximum Gasteiger partial charge on any atom is 0.223 e. The third-order valence-electron chi connectivity index (χ3n) is 2.96. The second-order valence-corrected chi connectivity index (χ2v) is 6.70. The molecule has 17 heavy (non-hydrogen) atoms. The van der Waals surface area contributed by atoms with E-state index in [0.29, 0.717) is 6.42 Å². The molecule has 0 aliphatic carbocycles. The van der Waals surface area contributed by atoms with Gasteiger partial charge in [0.15, 0.2) is 0 Å². The smallest absolute Gasteiger partial charge is 0.223 e. The highest BCUT2D eigenvalue weighted by molar-refractivity contribution is 9.11. The first kappa shape index (κ1) is 12.6. The molecule has 1 saturated heterocycles. The average Bonchev–Trinajstić information content (AvgIpc) is 2.73. The summed E-state index contributed by atoms with van der Waals surface area (Å²) in [6.07, 6.45) is 2.11. The Labute approximate surface area is 113 Å². The fraction of sp³-hybridized carbons (Fsp3) is 0.500. The Balaban J connectivity index is 1.84. The molecular weight excluding hydrogens is 300 g/mol. The molecule has 2 heterocycles. The lowest BCUT2D eigenvalue weighted by molar-refractivity contribution is -0.134. The minimum absolute atomic E-state index is 0.0744. The third kappa shape index (κ3) is 3.30. The molecule has 0 spiro atoms. The number of carbonyl (C=O) groups excluding carboxylic acids is 1. The maximum atomic E-state index is 11.8. The van der Waals surface area contributed by atoms with Crippen molar-refractivity contribution < 1.29 is 4.79 Å². The number of nitriles is 1. The SMILES string of the molecule is N#CC1CCN(CCc2ccc(Br)s2)C(=O)C1. The highest BCUT2D eigenvalue weighted by Crippen LogP contribution is 2.23. The standard InChI is InChI=1S/C12H13BrN2OS/c13-11-2-1-10(17-11)4-6-15-5-3-9(8-14)7-12(15)16/h1-2,9H,3-7H2. The molecule has 5 heteroatoms. The molecule has 3 nitrogen and oxygen atoms in total. The van der Waals surface area contributed by atoms with Crippen molar-refractivity contribution >= 4 is 33.2 Å². The summed E-state index contributed by atoms with van der Waals surface area (Å²) in [6.45, 7) is 1.49. The third-order valence-corrected chi connectivity index (χ3v) is 4.64. The van der Waals surface area contributed by atoms with Crippen LogP contribution < -0.4 is 0 Å². The predicted molar refractivity (Wildman–Crippen MR) is 70.6 cm³/mol. The van der Waals surface area contributed by atoms with Gasteiger partial charge in [-0.1, -0.05) is 0 Å². The van der Waals surface area contributed by atoms with Crippen molar-refractivity contribution in [1.29, 1.82) is 5.26 Å². The zero-order chi connectivity index (χ0) is 12.3. The van der Waals surface area contributed by atoms with Crippen LogP contribution in [0.4, 0.5) is 0 Å². The number of hydrogen-bond donors (Lipinski definition) is 0. The number of likely N-dealkylation sites (tertiary alicyclic amines) is 1. The summed E-state index contributed by atoms with van der Waals surface area (Å²) in [6, 6.07) is 6.30. The molecule has 1 aliphatic heterocycles. The molecular formula is C12H13BrN2OS. The molecule has 1 amide bonds. The molecule has 0 N–H and O–H groups in total. The van der Waals surface area contributed by atoms with E-state index in [1.54, 1.807) is 11.3 Å². The van der Waals surface area contributed by atoms with Crippen molar-refractivity contribution in [1.82, 2.24) is 4.90 Å². The molecule has 0 saturated carbocycles. The van der Waals surface area contributed by atoms with Gasteiger partial charge in [0, 0.05) is 24.4 Å². The van der Waals surface area contributed by atoms with Crippen LogP contribution in [0, 0.1) is 17.2 Å². The summed E-state index contributed by atoms with van der Waals surface area (Å²) >= 11 is 5.14. The molecule has 0 radical (unpaired) electrons. The normalized spacial score (nSPS) is 20.4. The highest BCUT2D eigenvalue weighted by atomic mass is 79.9. The second kappa shape index (κ2) is 5.65. The van der Waals surface area contributed by atoms with Gasteiger partial charge in [-0.25, -0.2) is 0 Å². The van der Waals surface area contributed by atoms with E-state index >= 15 is 0 Å². The number of thiophene rings is 1. The second-order valence-electron chi connectivity index (χ2n) is 4.16. The molecule has 90 valence electrons. The lowest BCUT2D eigenvalue weighted by Crippen LogP contribution is -2.39. The monoisotopic (exact) mass is 312 g/mol. The van der Waals surface area contributed by atoms with E-state index in [4.69, 9.17) is 5.26 Å². The minimum atomic E-state index is -0.0744. The Morgan fingerprint density at radius 2 is 2.41 bits per heavy atom. The first-order chi connectivity index (χ1) is 8.19. The van der Waals surface area contributed by atoms with E-state index in [9.17, 15) is 4.79 Å². The van der Waals surface area contributed by atoms with Crippen LogP contribution in [-0.4, -0.2) is 23.9 Å². The van der Waals surface area contributed by atoms with Crippen LogP contribution in [0.1, 0.15) is 17.7 Å². The fourth-order valence-corrected chi connectivity index (χ4v) is 3.43. The molecule has 1 fully saturated rings. The summed E-state index contributed by atoms with van der Waals surface area (Å²) in [5, 5.41) is 8.78. The Kier molecular flexibility index (Phi) is 4.19. The van der Waals surface area contributed by atoms with Crippen LogP contribution in [0.15, 0.2) is 15.9 Å². The van der Waals surface area contributed by atoms with Gasteiger partial charge in [-0.3, -0.25) is 4.79 Å². The summed E-state index contributed by atoms with van der Waals surface area (Å²) in [4.78, 5) is 14.9. The largest absolute Gasteiger partial charge is 0.342 e. The van der Waals surface area contributed by atoms with Crippen molar-refractivity contribution in [2.75, 3.05) is 13.1 Å². The average molecular weight is 313 g/mol. The number of nitrogens with zero attached hydrogens (tertiary/aromatic N) is 2. The van der Waals surface area contributed by atoms with E-state index in [1.807, 2.05) is 11.0 Å². The van der Waals surface area contributed by atoms with Crippen molar-refractivity contribution in [2.45, 2.75) is 19.3 Å². The topological polar surface area (TPSA) is 44.1 Å². The highest BCUT2D eigenvalue weighted by Gasteiger charge is 2.25. The van der Waals surface area contributed by atoms with E-state index in [1.165, 1.54) is 4.88 Å². The molecule has 1 atom stereocenters. The van der Waals surface area contributed by atoms with Crippen molar-refractivity contribution in [2.24, 2.45) is 5.92 Å². The minimum Gasteiger partial charge on any atom is -0.342 e. The number of amides is 1. The van der Waals surface area contributed by atoms with Crippen LogP contribution in [0.5, 0.6) is 0 Å². The molecule has 1 aromatic heterocycles. The van der Waals surface area contributed by atoms with Gasteiger partial charge >= 0.3 is 0 Å². The number of carbonyl (C=O) groups is 1. The van der Waals surface area contributed by atoms with Gasteiger partial charge in [-0.15, -0.1) is 11.3 Å². The number of rotatable bonds is 3. The van der Waals surface area contributed by atoms with Gasteiger partial charge in [0.05, 0.1) is 15.8 Å². The number of halogens is 1. The van der Waals surface area contributed by atoms with E-state index in [2.05, 4.69) is 28.1 Å². The van der Waals surface area contributed by atoms with Crippen molar-refractivity contribution in [3.05, 3.63) is 20.8 Å². The first-order valence-electron chi connectivity index (χ1n) is 5.60. The van der Waals surface area contributed by atoms with Gasteiger partial charge in [0.2, 0.25) is 5.91 Å². The number of hydrogen-bond acceptors (Lipinski definition) is 3. The fourth-order valence-electron chi connectivity index (χ4n) is 1.96. The van der Waals surface area contributed by atoms with Gasteiger partial charge in [-0.2, -0.15) is 5.26 Å². The number of piperidine rings is 1. The Morgan fingerprint density at radius 3 is 3.00 bits per heavy atom. The lowest BCUT2D eigenvalue weighted by Gasteiger charge is -2.28. The molecule has 1 unspecified atom stereocenters. The van der Waals surface area contributed by atoms with Gasteiger partial charge < -0.3 is 4.90 Å². The van der Waals surface area contributed by atoms with Crippen LogP contribution in [0.25, 0.3) is 0 Å². The summed E-state index contributed by atoms with van der Waals surface area (Å²) in [7, 11) is 0. The molecule has 1 aromatic rings. The Morgan fingerprint density at radius 1 is 1.59 bits per heavy atom.